The van der Waals surface area contributed by atoms with Crippen LogP contribution in [-0.2, 0) is 9.53 Å². The summed E-state index contributed by atoms with van der Waals surface area (Å²) in [5.74, 6) is 1.17. The van der Waals surface area contributed by atoms with Crippen LogP contribution in [0.25, 0.3) is 21.3 Å². The average Bonchev–Trinajstić information content (AvgIpc) is 3.11. The number of nitrogens with one attached hydrogen (secondary N) is 1. The van der Waals surface area contributed by atoms with Gasteiger partial charge in [-0.2, -0.15) is 0 Å². The summed E-state index contributed by atoms with van der Waals surface area (Å²) in [6.07, 6.45) is 1.25. The number of primary amides is 1. The number of nitrogens with zero attached hydrogens (tertiary/aromatic N) is 2. The van der Waals surface area contributed by atoms with Crippen molar-refractivity contribution in [3.8, 4) is 11.1 Å². The number of rotatable bonds is 5. The van der Waals surface area contributed by atoms with Gasteiger partial charge in [0.05, 0.1) is 10.8 Å². The van der Waals surface area contributed by atoms with Gasteiger partial charge in [0.1, 0.15) is 16.5 Å². The van der Waals surface area contributed by atoms with E-state index in [0.29, 0.717) is 38.4 Å². The zero-order chi connectivity index (χ0) is 18.9. The van der Waals surface area contributed by atoms with Crippen LogP contribution in [0.5, 0.6) is 0 Å². The van der Waals surface area contributed by atoms with E-state index in [-0.39, 0.29) is 5.91 Å². The van der Waals surface area contributed by atoms with E-state index in [9.17, 15) is 4.79 Å². The standard InChI is InChI=1S/C20H22N4O2S/c1-13-23-17(22-12-20(19(21)25)7-9-26-10-8-20)16-15(11-27-18(16)24-13)14-5-3-2-4-6-14/h2-6,11H,7-10,12H2,1H3,(H2,21,25)(H,22,23,24). The van der Waals surface area contributed by atoms with Crippen molar-refractivity contribution in [3.63, 3.8) is 0 Å². The lowest BCUT2D eigenvalue weighted by Crippen LogP contribution is -2.46. The Morgan fingerprint density at radius 2 is 2.00 bits per heavy atom. The minimum Gasteiger partial charge on any atom is -0.381 e. The Labute approximate surface area is 161 Å². The fraction of sp³-hybridized carbons (Fsp3) is 0.350. The average molecular weight is 382 g/mol. The molecular formula is C20H22N4O2S. The van der Waals surface area contributed by atoms with Crippen molar-refractivity contribution in [2.24, 2.45) is 11.1 Å². The number of carbonyl (C=O) groups is 1. The van der Waals surface area contributed by atoms with Crippen molar-refractivity contribution in [2.45, 2.75) is 19.8 Å². The van der Waals surface area contributed by atoms with E-state index in [1.807, 2.05) is 25.1 Å². The molecule has 1 aromatic carbocycles. The van der Waals surface area contributed by atoms with Gasteiger partial charge in [0, 0.05) is 30.7 Å². The number of aryl methyl sites for hydroxylation is 1. The van der Waals surface area contributed by atoms with E-state index in [2.05, 4.69) is 32.8 Å². The van der Waals surface area contributed by atoms with Gasteiger partial charge in [-0.25, -0.2) is 9.97 Å². The lowest BCUT2D eigenvalue weighted by molar-refractivity contribution is -0.132. The number of hydrogen-bond acceptors (Lipinski definition) is 6. The summed E-state index contributed by atoms with van der Waals surface area (Å²) in [6.45, 7) is 3.43. The number of amides is 1. The van der Waals surface area contributed by atoms with Crippen molar-refractivity contribution in [1.82, 2.24) is 9.97 Å². The molecule has 1 amide bonds. The van der Waals surface area contributed by atoms with E-state index in [4.69, 9.17) is 10.5 Å². The molecule has 0 aliphatic carbocycles. The SMILES string of the molecule is Cc1nc(NCC2(C(N)=O)CCOCC2)c2c(-c3ccccc3)csc2n1. The minimum absolute atomic E-state index is 0.283. The van der Waals surface area contributed by atoms with Gasteiger partial charge in [-0.05, 0) is 25.3 Å². The molecular weight excluding hydrogens is 360 g/mol. The molecule has 3 aromatic rings. The molecule has 1 saturated heterocycles. The van der Waals surface area contributed by atoms with Crippen LogP contribution in [0.3, 0.4) is 0 Å². The maximum absolute atomic E-state index is 12.2. The number of aromatic nitrogens is 2. The Kier molecular flexibility index (Phi) is 4.80. The predicted octanol–water partition coefficient (Wildman–Crippen LogP) is 3.36. The quantitative estimate of drug-likeness (QED) is 0.706. The molecule has 0 atom stereocenters. The van der Waals surface area contributed by atoms with E-state index < -0.39 is 5.41 Å². The molecule has 0 saturated carbocycles. The van der Waals surface area contributed by atoms with Crippen LogP contribution in [0.1, 0.15) is 18.7 Å². The second kappa shape index (κ2) is 7.25. The summed E-state index contributed by atoms with van der Waals surface area (Å²) in [5, 5.41) is 6.51. The molecule has 2 aromatic heterocycles. The highest BCUT2D eigenvalue weighted by atomic mass is 32.1. The number of fused-ring (bicyclic) bond motifs is 1. The third-order valence-electron chi connectivity index (χ3n) is 5.20. The molecule has 4 rings (SSSR count). The molecule has 6 nitrogen and oxygen atoms in total. The van der Waals surface area contributed by atoms with Gasteiger partial charge in [-0.1, -0.05) is 30.3 Å². The zero-order valence-electron chi connectivity index (χ0n) is 15.2. The van der Waals surface area contributed by atoms with Crippen molar-refractivity contribution >= 4 is 33.3 Å². The molecule has 0 unspecified atom stereocenters. The lowest BCUT2D eigenvalue weighted by atomic mass is 9.79. The first kappa shape index (κ1) is 17.9. The summed E-state index contributed by atoms with van der Waals surface area (Å²) < 4.78 is 5.42. The second-order valence-electron chi connectivity index (χ2n) is 6.93. The maximum atomic E-state index is 12.2. The van der Waals surface area contributed by atoms with Gasteiger partial charge < -0.3 is 15.8 Å². The van der Waals surface area contributed by atoms with Crippen LogP contribution in [0.2, 0.25) is 0 Å². The van der Waals surface area contributed by atoms with Crippen molar-refractivity contribution in [2.75, 3.05) is 25.1 Å². The largest absolute Gasteiger partial charge is 0.381 e. The Hall–Kier alpha value is -2.51. The highest BCUT2D eigenvalue weighted by Crippen LogP contribution is 2.38. The van der Waals surface area contributed by atoms with Crippen LogP contribution in [0.4, 0.5) is 5.82 Å². The van der Waals surface area contributed by atoms with E-state index in [1.54, 1.807) is 11.3 Å². The Morgan fingerprint density at radius 3 is 2.70 bits per heavy atom. The van der Waals surface area contributed by atoms with E-state index >= 15 is 0 Å². The molecule has 7 heteroatoms. The molecule has 27 heavy (non-hydrogen) atoms. The Balaban J connectivity index is 1.73. The third-order valence-corrected chi connectivity index (χ3v) is 6.07. The van der Waals surface area contributed by atoms with Gasteiger partial charge in [-0.3, -0.25) is 4.79 Å². The summed E-state index contributed by atoms with van der Waals surface area (Å²) in [4.78, 5) is 22.3. The molecule has 1 aliphatic heterocycles. The molecule has 3 heterocycles. The number of anilines is 1. The molecule has 1 aliphatic rings. The van der Waals surface area contributed by atoms with Crippen LogP contribution >= 0.6 is 11.3 Å². The van der Waals surface area contributed by atoms with Gasteiger partial charge in [0.2, 0.25) is 5.91 Å². The van der Waals surface area contributed by atoms with Gasteiger partial charge in [-0.15, -0.1) is 11.3 Å². The van der Waals surface area contributed by atoms with Crippen molar-refractivity contribution in [3.05, 3.63) is 41.5 Å². The third kappa shape index (κ3) is 3.40. The molecule has 0 radical (unpaired) electrons. The van der Waals surface area contributed by atoms with E-state index in [0.717, 1.165) is 27.2 Å². The van der Waals surface area contributed by atoms with Crippen LogP contribution in [-0.4, -0.2) is 35.6 Å². The minimum atomic E-state index is -0.605. The van der Waals surface area contributed by atoms with Gasteiger partial charge >= 0.3 is 0 Å². The number of hydrogen-bond donors (Lipinski definition) is 2. The van der Waals surface area contributed by atoms with Gasteiger partial charge in [0.25, 0.3) is 0 Å². The second-order valence-corrected chi connectivity index (χ2v) is 7.78. The summed E-state index contributed by atoms with van der Waals surface area (Å²) >= 11 is 1.60. The Morgan fingerprint density at radius 1 is 1.26 bits per heavy atom. The highest BCUT2D eigenvalue weighted by molar-refractivity contribution is 7.17. The van der Waals surface area contributed by atoms with Crippen LogP contribution in [0, 0.1) is 12.3 Å². The number of carbonyl (C=O) groups excluding carboxylic acids is 1. The number of benzene rings is 1. The van der Waals surface area contributed by atoms with Crippen LogP contribution in [0.15, 0.2) is 35.7 Å². The Bertz CT molecular complexity index is 965. The maximum Gasteiger partial charge on any atom is 0.225 e. The first-order chi connectivity index (χ1) is 13.1. The van der Waals surface area contributed by atoms with Gasteiger partial charge in [0.15, 0.2) is 0 Å². The molecule has 140 valence electrons. The van der Waals surface area contributed by atoms with E-state index in [1.165, 1.54) is 0 Å². The molecule has 0 bridgehead atoms. The normalized spacial score (nSPS) is 16.3. The number of ether oxygens (including phenoxy) is 1. The summed E-state index contributed by atoms with van der Waals surface area (Å²) in [6, 6.07) is 10.2. The first-order valence-electron chi connectivity index (χ1n) is 9.02. The molecule has 3 N–H and O–H groups in total. The number of nitrogens with two attached hydrogens (primary N) is 1. The fourth-order valence-corrected chi connectivity index (χ4v) is 4.52. The zero-order valence-corrected chi connectivity index (χ0v) is 16.0. The summed E-state index contributed by atoms with van der Waals surface area (Å²) in [5.41, 5.74) is 7.36. The molecule has 1 fully saturated rings. The lowest BCUT2D eigenvalue weighted by Gasteiger charge is -2.34. The topological polar surface area (TPSA) is 90.1 Å². The number of thiophene rings is 1. The first-order valence-corrected chi connectivity index (χ1v) is 9.90. The molecule has 0 spiro atoms. The van der Waals surface area contributed by atoms with Crippen LogP contribution < -0.4 is 11.1 Å². The predicted molar refractivity (Wildman–Crippen MR) is 108 cm³/mol. The summed E-state index contributed by atoms with van der Waals surface area (Å²) in [7, 11) is 0. The van der Waals surface area contributed by atoms with Crippen molar-refractivity contribution < 1.29 is 9.53 Å². The van der Waals surface area contributed by atoms with Crippen molar-refractivity contribution in [1.29, 1.82) is 0 Å². The smallest absolute Gasteiger partial charge is 0.225 e. The fourth-order valence-electron chi connectivity index (χ4n) is 3.53. The monoisotopic (exact) mass is 382 g/mol. The highest BCUT2D eigenvalue weighted by Gasteiger charge is 2.38.